The van der Waals surface area contributed by atoms with E-state index in [9.17, 15) is 14.9 Å². The Balaban J connectivity index is 1.85. The van der Waals surface area contributed by atoms with Gasteiger partial charge in [0.2, 0.25) is 0 Å². The molecule has 0 amide bonds. The van der Waals surface area contributed by atoms with Gasteiger partial charge in [-0.15, -0.1) is 22.7 Å². The van der Waals surface area contributed by atoms with Gasteiger partial charge < -0.3 is 4.74 Å². The Labute approximate surface area is 217 Å². The number of esters is 1. The molecule has 0 fully saturated rings. The lowest BCUT2D eigenvalue weighted by Crippen LogP contribution is -2.16. The molecule has 0 aliphatic rings. The second kappa shape index (κ2) is 11.5. The Morgan fingerprint density at radius 2 is 1.53 bits per heavy atom. The fraction of sp³-hybridized carbons (Fsp3) is 0.310. The molecule has 182 valence electrons. The van der Waals surface area contributed by atoms with Gasteiger partial charge >= 0.3 is 5.97 Å². The van der Waals surface area contributed by atoms with E-state index in [0.717, 1.165) is 50.2 Å². The zero-order valence-electron chi connectivity index (χ0n) is 20.3. The zero-order chi connectivity index (χ0) is 25.7. The summed E-state index contributed by atoms with van der Waals surface area (Å²) in [6, 6.07) is 9.75. The molecule has 0 N–H and O–H groups in total. The van der Waals surface area contributed by atoms with Crippen LogP contribution in [0.25, 0.3) is 47.1 Å². The highest BCUT2D eigenvalue weighted by atomic mass is 32.1. The first-order valence-electron chi connectivity index (χ1n) is 12.1. The number of hydrogen-bond acceptors (Lipinski definition) is 6. The van der Waals surface area contributed by atoms with E-state index >= 15 is 0 Å². The first-order chi connectivity index (χ1) is 17.5. The van der Waals surface area contributed by atoms with Crippen LogP contribution in [-0.2, 0) is 14.3 Å². The topological polar surface area (TPSA) is 71.5 Å². The fourth-order valence-electron chi connectivity index (χ4n) is 4.50. The second-order valence-corrected chi connectivity index (χ2v) is 10.5. The minimum absolute atomic E-state index is 0.0178. The van der Waals surface area contributed by atoms with Gasteiger partial charge in [-0.1, -0.05) is 45.1 Å². The first kappa shape index (κ1) is 25.6. The minimum atomic E-state index is -0.595. The number of unbranched alkanes of at least 4 members (excludes halogenated alkanes) is 5. The van der Waals surface area contributed by atoms with Gasteiger partial charge in [0, 0.05) is 25.2 Å². The smallest absolute Gasteiger partial charge is 0.336 e. The molecule has 7 heteroatoms. The van der Waals surface area contributed by atoms with E-state index in [-0.39, 0.29) is 17.1 Å². The number of nitrogens with zero attached hydrogens (tertiary/aromatic N) is 2. The average molecular weight is 515 g/mol. The third kappa shape index (κ3) is 4.91. The number of benzene rings is 2. The molecule has 4 aromatic rings. The highest BCUT2D eigenvalue weighted by Crippen LogP contribution is 2.32. The summed E-state index contributed by atoms with van der Waals surface area (Å²) in [5.41, 5.74) is 0.110. The summed E-state index contributed by atoms with van der Waals surface area (Å²) < 4.78 is 7.15. The number of fused-ring (bicyclic) bond motifs is 5. The van der Waals surface area contributed by atoms with Crippen LogP contribution in [0.4, 0.5) is 0 Å². The van der Waals surface area contributed by atoms with Gasteiger partial charge in [-0.2, -0.15) is 5.26 Å². The zero-order valence-corrected chi connectivity index (χ0v) is 22.0. The molecule has 0 spiro atoms. The number of ether oxygens (including phenoxy) is 1. The summed E-state index contributed by atoms with van der Waals surface area (Å²) in [7, 11) is 0. The van der Waals surface area contributed by atoms with Crippen molar-refractivity contribution >= 4 is 76.6 Å². The molecule has 0 saturated heterocycles. The third-order valence-electron chi connectivity index (χ3n) is 6.29. The normalized spacial score (nSPS) is 12.9. The van der Waals surface area contributed by atoms with E-state index in [0.29, 0.717) is 17.0 Å². The van der Waals surface area contributed by atoms with Gasteiger partial charge in [0.15, 0.2) is 5.78 Å². The van der Waals surface area contributed by atoms with E-state index in [1.54, 1.807) is 0 Å². The van der Waals surface area contributed by atoms with Crippen molar-refractivity contribution < 1.29 is 14.3 Å². The van der Waals surface area contributed by atoms with Gasteiger partial charge in [-0.05, 0) is 58.5 Å². The van der Waals surface area contributed by atoms with Crippen molar-refractivity contribution in [2.24, 2.45) is 0 Å². The van der Waals surface area contributed by atoms with E-state index < -0.39 is 5.97 Å². The van der Waals surface area contributed by atoms with Crippen LogP contribution in [0, 0.1) is 17.9 Å². The molecule has 0 aliphatic carbocycles. The Kier molecular flexibility index (Phi) is 8.15. The van der Waals surface area contributed by atoms with E-state index in [4.69, 9.17) is 11.3 Å². The first-order valence-corrected chi connectivity index (χ1v) is 13.8. The van der Waals surface area contributed by atoms with Crippen LogP contribution >= 0.6 is 22.7 Å². The Hall–Kier alpha value is -3.52. The lowest BCUT2D eigenvalue weighted by atomic mass is 9.98. The number of thiophene rings is 2. The summed E-state index contributed by atoms with van der Waals surface area (Å²) in [6.07, 6.45) is 6.52. The van der Waals surface area contributed by atoms with Crippen LogP contribution in [0.3, 0.4) is 0 Å². The van der Waals surface area contributed by atoms with E-state index in [2.05, 4.69) is 17.8 Å². The van der Waals surface area contributed by atoms with Crippen LogP contribution < -0.4 is 10.4 Å². The number of hydrogen-bond donors (Lipinski definition) is 0. The number of rotatable bonds is 9. The molecule has 2 aromatic heterocycles. The summed E-state index contributed by atoms with van der Waals surface area (Å²) in [5.74, 6) is -0.871. The van der Waals surface area contributed by atoms with Gasteiger partial charge in [0.1, 0.15) is 11.6 Å². The number of nitriles is 1. The van der Waals surface area contributed by atoms with Crippen LogP contribution in [-0.4, -0.2) is 18.4 Å². The predicted octanol–water partition coefficient (Wildman–Crippen LogP) is 6.46. The van der Waals surface area contributed by atoms with Crippen molar-refractivity contribution in [3.05, 3.63) is 56.9 Å². The van der Waals surface area contributed by atoms with Gasteiger partial charge in [-0.25, -0.2) is 4.85 Å². The lowest BCUT2D eigenvalue weighted by Gasteiger charge is -2.08. The Morgan fingerprint density at radius 1 is 0.944 bits per heavy atom. The van der Waals surface area contributed by atoms with Gasteiger partial charge in [0.25, 0.3) is 5.70 Å². The predicted molar refractivity (Wildman–Crippen MR) is 148 cm³/mol. The van der Waals surface area contributed by atoms with Crippen LogP contribution in [0.2, 0.25) is 0 Å². The molecule has 0 radical (unpaired) electrons. The van der Waals surface area contributed by atoms with Crippen LogP contribution in [0.1, 0.15) is 52.4 Å². The average Bonchev–Trinajstić information content (AvgIpc) is 3.55. The van der Waals surface area contributed by atoms with Crippen molar-refractivity contribution in [2.45, 2.75) is 52.4 Å². The van der Waals surface area contributed by atoms with Crippen molar-refractivity contribution in [3.63, 3.8) is 0 Å². The summed E-state index contributed by atoms with van der Waals surface area (Å²) >= 11 is 2.92. The minimum Gasteiger partial charge on any atom is -0.471 e. The molecule has 0 atom stereocenters. The molecule has 0 aliphatic heterocycles. The summed E-state index contributed by atoms with van der Waals surface area (Å²) in [4.78, 5) is 28.7. The summed E-state index contributed by atoms with van der Waals surface area (Å²) in [6.45, 7) is 11.7. The second-order valence-electron chi connectivity index (χ2n) is 8.68. The van der Waals surface area contributed by atoms with Crippen LogP contribution in [0.15, 0.2) is 35.0 Å². The molecule has 0 unspecified atom stereocenters. The molecular formula is C29H26N2O3S2. The Morgan fingerprint density at radius 3 is 2.11 bits per heavy atom. The Bertz CT molecular complexity index is 1680. The standard InChI is InChI=1S/C29H26N2O3S2/c1-4-5-6-7-8-9-12-34-29(33)26(31-3)24-16-22-19-10-13-35-27(19)23(25(17-30)18(2)32)15-21(22)20-11-14-36-28(20)24/h10-11,13-16H,4-9,12H2,1-2H3/b25-23+,26-24-. The van der Waals surface area contributed by atoms with Crippen molar-refractivity contribution in [1.29, 1.82) is 5.26 Å². The highest BCUT2D eigenvalue weighted by molar-refractivity contribution is 7.18. The molecule has 0 bridgehead atoms. The molecule has 5 nitrogen and oxygen atoms in total. The van der Waals surface area contributed by atoms with Crippen molar-refractivity contribution in [2.75, 3.05) is 6.61 Å². The van der Waals surface area contributed by atoms with Crippen LogP contribution in [0.5, 0.6) is 0 Å². The SMILES string of the molecule is [C-]#[N+]/C(C(=O)OCCCCCCCC)=c1/cc2c3ccsc3/c(=C(\C#N)C(C)=O)cc2c2ccsc12. The quantitative estimate of drug-likeness (QED) is 0.146. The highest BCUT2D eigenvalue weighted by Gasteiger charge is 2.18. The third-order valence-corrected chi connectivity index (χ3v) is 8.19. The number of carbonyl (C=O) groups excluding carboxylic acids is 2. The van der Waals surface area contributed by atoms with Crippen molar-refractivity contribution in [3.8, 4) is 6.07 Å². The monoisotopic (exact) mass is 514 g/mol. The molecular weight excluding hydrogens is 488 g/mol. The largest absolute Gasteiger partial charge is 0.471 e. The molecule has 4 rings (SSSR count). The van der Waals surface area contributed by atoms with Gasteiger partial charge in [-0.3, -0.25) is 9.59 Å². The number of Topliss-reactive ketones (excluding diaryl/α,β-unsaturated/α-hetero) is 1. The maximum absolute atomic E-state index is 12.9. The number of ketones is 1. The molecule has 2 heterocycles. The number of carbonyl (C=O) groups is 2. The lowest BCUT2D eigenvalue weighted by molar-refractivity contribution is -0.136. The summed E-state index contributed by atoms with van der Waals surface area (Å²) in [5, 5.41) is 18.2. The van der Waals surface area contributed by atoms with Crippen molar-refractivity contribution in [1.82, 2.24) is 0 Å². The fourth-order valence-corrected chi connectivity index (χ4v) is 6.36. The van der Waals surface area contributed by atoms with E-state index in [1.807, 2.05) is 35.0 Å². The molecule has 36 heavy (non-hydrogen) atoms. The van der Waals surface area contributed by atoms with E-state index in [1.165, 1.54) is 48.9 Å². The maximum atomic E-state index is 12.9. The molecule has 2 aromatic carbocycles. The molecule has 0 saturated carbocycles. The van der Waals surface area contributed by atoms with Gasteiger partial charge in [0.05, 0.1) is 13.2 Å². The maximum Gasteiger partial charge on any atom is 0.336 e.